The molecular formula is C12H21F3N2O. The van der Waals surface area contributed by atoms with Crippen LogP contribution in [0.5, 0.6) is 0 Å². The van der Waals surface area contributed by atoms with Crippen LogP contribution in [0.2, 0.25) is 0 Å². The molecule has 1 atom stereocenters. The van der Waals surface area contributed by atoms with Crippen molar-refractivity contribution in [2.24, 2.45) is 5.92 Å². The van der Waals surface area contributed by atoms with Gasteiger partial charge in [-0.2, -0.15) is 13.2 Å². The van der Waals surface area contributed by atoms with E-state index in [4.69, 9.17) is 0 Å². The highest BCUT2D eigenvalue weighted by Crippen LogP contribution is 2.21. The molecule has 3 nitrogen and oxygen atoms in total. The molecule has 0 bridgehead atoms. The van der Waals surface area contributed by atoms with E-state index in [-0.39, 0.29) is 12.3 Å². The Morgan fingerprint density at radius 2 is 2.11 bits per heavy atom. The molecule has 0 aromatic rings. The number of hydrogen-bond donors (Lipinski definition) is 2. The molecule has 1 heterocycles. The van der Waals surface area contributed by atoms with Crippen molar-refractivity contribution in [1.29, 1.82) is 0 Å². The van der Waals surface area contributed by atoms with Gasteiger partial charge in [0.1, 0.15) is 0 Å². The van der Waals surface area contributed by atoms with Crippen LogP contribution in [0.25, 0.3) is 0 Å². The Hall–Kier alpha value is -0.780. The topological polar surface area (TPSA) is 41.1 Å². The zero-order valence-electron chi connectivity index (χ0n) is 10.5. The van der Waals surface area contributed by atoms with Gasteiger partial charge in [0, 0.05) is 19.4 Å². The maximum absolute atomic E-state index is 11.9. The van der Waals surface area contributed by atoms with Crippen LogP contribution < -0.4 is 10.6 Å². The summed E-state index contributed by atoms with van der Waals surface area (Å²) in [5, 5.41) is 5.91. The third kappa shape index (κ3) is 7.53. The maximum Gasteiger partial charge on any atom is 0.389 e. The van der Waals surface area contributed by atoms with Gasteiger partial charge in [-0.15, -0.1) is 0 Å². The average Bonchev–Trinajstić information content (AvgIpc) is 2.28. The Kier molecular flexibility index (Phi) is 6.46. The highest BCUT2D eigenvalue weighted by atomic mass is 19.4. The van der Waals surface area contributed by atoms with Crippen molar-refractivity contribution in [3.05, 3.63) is 0 Å². The first-order valence-corrected chi connectivity index (χ1v) is 6.51. The minimum Gasteiger partial charge on any atom is -0.356 e. The molecule has 1 aliphatic heterocycles. The van der Waals surface area contributed by atoms with Crippen molar-refractivity contribution in [2.75, 3.05) is 19.6 Å². The summed E-state index contributed by atoms with van der Waals surface area (Å²) in [5.41, 5.74) is 0. The van der Waals surface area contributed by atoms with Crippen molar-refractivity contribution in [1.82, 2.24) is 10.6 Å². The predicted molar refractivity (Wildman–Crippen MR) is 63.1 cm³/mol. The summed E-state index contributed by atoms with van der Waals surface area (Å²) in [6.07, 6.45) is -1.78. The minimum absolute atomic E-state index is 0.0456. The summed E-state index contributed by atoms with van der Waals surface area (Å²) >= 11 is 0. The van der Waals surface area contributed by atoms with Crippen LogP contribution in [0.4, 0.5) is 13.2 Å². The number of hydrogen-bond acceptors (Lipinski definition) is 2. The normalized spacial score (nSPS) is 20.7. The van der Waals surface area contributed by atoms with E-state index in [9.17, 15) is 18.0 Å². The maximum atomic E-state index is 11.9. The number of amides is 1. The third-order valence-corrected chi connectivity index (χ3v) is 3.08. The minimum atomic E-state index is -4.09. The summed E-state index contributed by atoms with van der Waals surface area (Å²) in [7, 11) is 0. The Bertz CT molecular complexity index is 250. The van der Waals surface area contributed by atoms with Gasteiger partial charge in [-0.05, 0) is 44.7 Å². The van der Waals surface area contributed by atoms with Crippen LogP contribution >= 0.6 is 0 Å². The van der Waals surface area contributed by atoms with E-state index < -0.39 is 12.6 Å². The molecule has 0 aromatic heterocycles. The van der Waals surface area contributed by atoms with E-state index in [1.165, 1.54) is 0 Å². The van der Waals surface area contributed by atoms with Crippen LogP contribution in [-0.4, -0.2) is 31.7 Å². The number of rotatable bonds is 6. The lowest BCUT2D eigenvalue weighted by molar-refractivity contribution is -0.135. The van der Waals surface area contributed by atoms with Gasteiger partial charge in [0.2, 0.25) is 5.91 Å². The Labute approximate surface area is 106 Å². The van der Waals surface area contributed by atoms with Crippen LogP contribution in [-0.2, 0) is 4.79 Å². The quantitative estimate of drug-likeness (QED) is 0.724. The molecular weight excluding hydrogens is 245 g/mol. The second kappa shape index (κ2) is 7.61. The number of halogens is 3. The van der Waals surface area contributed by atoms with E-state index in [2.05, 4.69) is 10.6 Å². The fourth-order valence-corrected chi connectivity index (χ4v) is 2.11. The smallest absolute Gasteiger partial charge is 0.356 e. The molecule has 1 rings (SSSR count). The molecule has 1 unspecified atom stereocenters. The fourth-order valence-electron chi connectivity index (χ4n) is 2.11. The average molecular weight is 266 g/mol. The highest BCUT2D eigenvalue weighted by molar-refractivity contribution is 5.76. The SMILES string of the molecule is O=C(CC1CCCNC1)NCCCCC(F)(F)F. The van der Waals surface area contributed by atoms with Gasteiger partial charge in [-0.25, -0.2) is 0 Å². The first-order valence-electron chi connectivity index (χ1n) is 6.51. The van der Waals surface area contributed by atoms with Gasteiger partial charge < -0.3 is 10.6 Å². The molecule has 1 aliphatic rings. The molecule has 0 radical (unpaired) electrons. The summed E-state index contributed by atoms with van der Waals surface area (Å²) in [4.78, 5) is 11.5. The Balaban J connectivity index is 1.99. The zero-order valence-corrected chi connectivity index (χ0v) is 10.5. The second-order valence-corrected chi connectivity index (χ2v) is 4.84. The molecule has 1 amide bonds. The van der Waals surface area contributed by atoms with Crippen LogP contribution in [0.1, 0.15) is 38.5 Å². The lowest BCUT2D eigenvalue weighted by Gasteiger charge is -2.22. The predicted octanol–water partition coefficient (Wildman–Crippen LogP) is 2.22. The molecule has 1 saturated heterocycles. The summed E-state index contributed by atoms with van der Waals surface area (Å²) in [5.74, 6) is 0.324. The van der Waals surface area contributed by atoms with Crippen molar-refractivity contribution >= 4 is 5.91 Å². The van der Waals surface area contributed by atoms with E-state index in [1.54, 1.807) is 0 Å². The molecule has 1 fully saturated rings. The van der Waals surface area contributed by atoms with Gasteiger partial charge >= 0.3 is 6.18 Å². The van der Waals surface area contributed by atoms with Gasteiger partial charge in [0.05, 0.1) is 0 Å². The van der Waals surface area contributed by atoms with E-state index >= 15 is 0 Å². The third-order valence-electron chi connectivity index (χ3n) is 3.08. The van der Waals surface area contributed by atoms with Crippen molar-refractivity contribution < 1.29 is 18.0 Å². The Morgan fingerprint density at radius 1 is 1.33 bits per heavy atom. The summed E-state index contributed by atoms with van der Waals surface area (Å²) in [6.45, 7) is 2.21. The number of carbonyl (C=O) groups is 1. The fraction of sp³-hybridized carbons (Fsp3) is 0.917. The number of nitrogens with one attached hydrogen (secondary N) is 2. The van der Waals surface area contributed by atoms with Crippen molar-refractivity contribution in [3.63, 3.8) is 0 Å². The molecule has 106 valence electrons. The van der Waals surface area contributed by atoms with E-state index in [0.29, 0.717) is 25.3 Å². The molecule has 0 saturated carbocycles. The Morgan fingerprint density at radius 3 is 2.72 bits per heavy atom. The van der Waals surface area contributed by atoms with Crippen LogP contribution in [0.3, 0.4) is 0 Å². The molecule has 18 heavy (non-hydrogen) atoms. The molecule has 0 aliphatic carbocycles. The molecule has 2 N–H and O–H groups in total. The first kappa shape index (κ1) is 15.3. The van der Waals surface area contributed by atoms with Crippen molar-refractivity contribution in [2.45, 2.75) is 44.7 Å². The number of carbonyl (C=O) groups excluding carboxylic acids is 1. The zero-order chi connectivity index (χ0) is 13.4. The number of unbranched alkanes of at least 4 members (excludes halogenated alkanes) is 1. The van der Waals surface area contributed by atoms with Gasteiger partial charge in [0.25, 0.3) is 0 Å². The standard InChI is InChI=1S/C12H21F3N2O/c13-12(14,15)5-1-2-7-17-11(18)8-10-4-3-6-16-9-10/h10,16H,1-9H2,(H,17,18). The van der Waals surface area contributed by atoms with E-state index in [1.807, 2.05) is 0 Å². The van der Waals surface area contributed by atoms with Crippen LogP contribution in [0, 0.1) is 5.92 Å². The highest BCUT2D eigenvalue weighted by Gasteiger charge is 2.25. The summed E-state index contributed by atoms with van der Waals surface area (Å²) < 4.78 is 35.6. The van der Waals surface area contributed by atoms with Crippen molar-refractivity contribution in [3.8, 4) is 0 Å². The first-order chi connectivity index (χ1) is 8.47. The van der Waals surface area contributed by atoms with Crippen LogP contribution in [0.15, 0.2) is 0 Å². The molecule has 0 spiro atoms. The monoisotopic (exact) mass is 266 g/mol. The largest absolute Gasteiger partial charge is 0.389 e. The van der Waals surface area contributed by atoms with Gasteiger partial charge in [0.15, 0.2) is 0 Å². The van der Waals surface area contributed by atoms with Gasteiger partial charge in [-0.1, -0.05) is 0 Å². The molecule has 6 heteroatoms. The number of piperidine rings is 1. The lowest BCUT2D eigenvalue weighted by atomic mass is 9.96. The summed E-state index contributed by atoms with van der Waals surface area (Å²) in [6, 6.07) is 0. The number of alkyl halides is 3. The second-order valence-electron chi connectivity index (χ2n) is 4.84. The van der Waals surface area contributed by atoms with Gasteiger partial charge in [-0.3, -0.25) is 4.79 Å². The lowest BCUT2D eigenvalue weighted by Crippen LogP contribution is -2.34. The van der Waals surface area contributed by atoms with E-state index in [0.717, 1.165) is 25.9 Å². The molecule has 0 aromatic carbocycles.